The molecule has 0 amide bonds. The van der Waals surface area contributed by atoms with Crippen molar-refractivity contribution in [1.82, 2.24) is 0 Å². The summed E-state index contributed by atoms with van der Waals surface area (Å²) < 4.78 is 43.3. The molecule has 7 nitrogen and oxygen atoms in total. The van der Waals surface area contributed by atoms with Gasteiger partial charge < -0.3 is 18.9 Å². The van der Waals surface area contributed by atoms with Crippen LogP contribution in [0.1, 0.15) is 10.4 Å². The number of rotatable bonds is 5. The van der Waals surface area contributed by atoms with E-state index in [-0.39, 0.29) is 48.4 Å². The van der Waals surface area contributed by atoms with Gasteiger partial charge in [0.15, 0.2) is 11.5 Å². The molecule has 0 bridgehead atoms. The van der Waals surface area contributed by atoms with Crippen LogP contribution < -0.4 is 9.47 Å². The van der Waals surface area contributed by atoms with E-state index in [0.717, 1.165) is 6.07 Å². The van der Waals surface area contributed by atoms with Gasteiger partial charge in [-0.15, -0.1) is 0 Å². The Bertz CT molecular complexity index is 641. The van der Waals surface area contributed by atoms with Crippen LogP contribution in [-0.2, 0) is 18.5 Å². The summed E-state index contributed by atoms with van der Waals surface area (Å²) in [5, 5.41) is 0. The molecule has 0 atom stereocenters. The smallest absolute Gasteiger partial charge is 0.342 e. The van der Waals surface area contributed by atoms with Crippen LogP contribution in [0.4, 0.5) is 0 Å². The normalized spacial score (nSPS) is 13.8. The topological polar surface area (TPSA) is 88.1 Å². The second-order valence-corrected chi connectivity index (χ2v) is 6.63. The molecule has 0 saturated heterocycles. The maximum Gasteiger partial charge on any atom is 0.342 e. The van der Waals surface area contributed by atoms with Crippen molar-refractivity contribution in [3.05, 3.63) is 17.7 Å². The lowest BCUT2D eigenvalue weighted by atomic mass is 10.1. The molecule has 0 spiro atoms. The average molecular weight is 337 g/mol. The zero-order valence-electron chi connectivity index (χ0n) is 11.1. The van der Waals surface area contributed by atoms with Gasteiger partial charge in [0.25, 0.3) is 9.05 Å². The van der Waals surface area contributed by atoms with Gasteiger partial charge in [-0.2, -0.15) is 0 Å². The number of fused-ring (bicyclic) bond motifs is 1. The predicted molar refractivity (Wildman–Crippen MR) is 72.6 cm³/mol. The van der Waals surface area contributed by atoms with Crippen LogP contribution in [0.5, 0.6) is 11.5 Å². The predicted octanol–water partition coefficient (Wildman–Crippen LogP) is 1.19. The fourth-order valence-electron chi connectivity index (χ4n) is 1.72. The summed E-state index contributed by atoms with van der Waals surface area (Å²) in [7, 11) is 2.76. The van der Waals surface area contributed by atoms with Crippen LogP contribution in [0, 0.1) is 0 Å². The number of halogens is 1. The number of hydrogen-bond acceptors (Lipinski definition) is 7. The zero-order chi connectivity index (χ0) is 15.5. The molecule has 2 rings (SSSR count). The maximum absolute atomic E-state index is 12.0. The van der Waals surface area contributed by atoms with E-state index < -0.39 is 15.0 Å². The first kappa shape index (κ1) is 15.9. The maximum atomic E-state index is 12.0. The van der Waals surface area contributed by atoms with Gasteiger partial charge in [-0.1, -0.05) is 0 Å². The Hall–Kier alpha value is -1.51. The fraction of sp³-hybridized carbons (Fsp3) is 0.417. The van der Waals surface area contributed by atoms with Crippen molar-refractivity contribution in [2.24, 2.45) is 0 Å². The molecule has 116 valence electrons. The first-order chi connectivity index (χ1) is 9.93. The quantitative estimate of drug-likeness (QED) is 0.453. The van der Waals surface area contributed by atoms with Crippen LogP contribution >= 0.6 is 10.7 Å². The van der Waals surface area contributed by atoms with Crippen molar-refractivity contribution in [2.45, 2.75) is 4.90 Å². The number of esters is 1. The Morgan fingerprint density at radius 2 is 2.00 bits per heavy atom. The Balaban J connectivity index is 2.40. The minimum atomic E-state index is -4.01. The van der Waals surface area contributed by atoms with E-state index in [4.69, 9.17) is 29.6 Å². The van der Waals surface area contributed by atoms with E-state index in [1.54, 1.807) is 0 Å². The third kappa shape index (κ3) is 3.78. The van der Waals surface area contributed by atoms with E-state index in [1.165, 1.54) is 13.2 Å². The minimum absolute atomic E-state index is 0.0306. The first-order valence-electron chi connectivity index (χ1n) is 5.98. The average Bonchev–Trinajstić information content (AvgIpc) is 2.45. The molecule has 0 aliphatic carbocycles. The van der Waals surface area contributed by atoms with Crippen molar-refractivity contribution in [3.63, 3.8) is 0 Å². The monoisotopic (exact) mass is 336 g/mol. The van der Waals surface area contributed by atoms with Gasteiger partial charge >= 0.3 is 5.97 Å². The molecule has 1 aliphatic rings. The van der Waals surface area contributed by atoms with E-state index in [2.05, 4.69) is 0 Å². The SMILES string of the molecule is COCCOC(=O)c1cc(S(=O)(=O)Cl)cc2c1OCCO2. The van der Waals surface area contributed by atoms with Gasteiger partial charge in [-0.25, -0.2) is 13.2 Å². The van der Waals surface area contributed by atoms with Crippen LogP contribution in [0.3, 0.4) is 0 Å². The molecule has 9 heteroatoms. The lowest BCUT2D eigenvalue weighted by Gasteiger charge is -2.21. The summed E-state index contributed by atoms with van der Waals surface area (Å²) in [6, 6.07) is 2.31. The summed E-state index contributed by atoms with van der Waals surface area (Å²) in [6.07, 6.45) is 0. The second-order valence-electron chi connectivity index (χ2n) is 4.06. The summed E-state index contributed by atoms with van der Waals surface area (Å²) in [4.78, 5) is 11.8. The lowest BCUT2D eigenvalue weighted by molar-refractivity contribution is 0.0379. The van der Waals surface area contributed by atoms with Gasteiger partial charge in [0.1, 0.15) is 25.4 Å². The highest BCUT2D eigenvalue weighted by molar-refractivity contribution is 8.13. The molecule has 0 radical (unpaired) electrons. The van der Waals surface area contributed by atoms with Crippen molar-refractivity contribution in [3.8, 4) is 11.5 Å². The van der Waals surface area contributed by atoms with E-state index in [0.29, 0.717) is 0 Å². The molecule has 1 aromatic rings. The zero-order valence-corrected chi connectivity index (χ0v) is 12.7. The Kier molecular flexibility index (Phi) is 4.92. The van der Waals surface area contributed by atoms with Gasteiger partial charge in [0.2, 0.25) is 0 Å². The fourth-order valence-corrected chi connectivity index (χ4v) is 2.49. The van der Waals surface area contributed by atoms with Crippen LogP contribution in [0.25, 0.3) is 0 Å². The Morgan fingerprint density at radius 3 is 2.67 bits per heavy atom. The molecule has 1 aromatic carbocycles. The van der Waals surface area contributed by atoms with E-state index in [9.17, 15) is 13.2 Å². The van der Waals surface area contributed by atoms with Crippen molar-refractivity contribution in [1.29, 1.82) is 0 Å². The Morgan fingerprint density at radius 1 is 1.29 bits per heavy atom. The van der Waals surface area contributed by atoms with Gasteiger partial charge in [-0.3, -0.25) is 0 Å². The summed E-state index contributed by atoms with van der Waals surface area (Å²) in [5.41, 5.74) is -0.0532. The number of hydrogen-bond donors (Lipinski definition) is 0. The first-order valence-corrected chi connectivity index (χ1v) is 8.29. The Labute approximate surface area is 126 Å². The van der Waals surface area contributed by atoms with E-state index in [1.807, 2.05) is 0 Å². The highest BCUT2D eigenvalue weighted by Crippen LogP contribution is 2.37. The van der Waals surface area contributed by atoms with Gasteiger partial charge in [-0.05, 0) is 6.07 Å². The molecule has 0 N–H and O–H groups in total. The molecule has 1 heterocycles. The van der Waals surface area contributed by atoms with Crippen LogP contribution in [0.2, 0.25) is 0 Å². The number of ether oxygens (including phenoxy) is 4. The van der Waals surface area contributed by atoms with E-state index >= 15 is 0 Å². The summed E-state index contributed by atoms with van der Waals surface area (Å²) in [5.74, 6) is -0.453. The van der Waals surface area contributed by atoms with Crippen LogP contribution in [0.15, 0.2) is 17.0 Å². The standard InChI is InChI=1S/C12H13ClO7S/c1-17-2-3-20-12(14)9-6-8(21(13,15)16)7-10-11(9)19-5-4-18-10/h6-7H,2-5H2,1H3. The lowest BCUT2D eigenvalue weighted by Crippen LogP contribution is -2.19. The molecular formula is C12H13ClO7S. The van der Waals surface area contributed by atoms with Crippen molar-refractivity contribution < 1.29 is 32.2 Å². The number of benzene rings is 1. The largest absolute Gasteiger partial charge is 0.486 e. The number of methoxy groups -OCH3 is 1. The van der Waals surface area contributed by atoms with Gasteiger partial charge in [0, 0.05) is 23.9 Å². The minimum Gasteiger partial charge on any atom is -0.486 e. The van der Waals surface area contributed by atoms with Crippen molar-refractivity contribution in [2.75, 3.05) is 33.5 Å². The number of carbonyl (C=O) groups excluding carboxylic acids is 1. The molecule has 1 aliphatic heterocycles. The summed E-state index contributed by atoms with van der Waals surface area (Å²) >= 11 is 0. The second kappa shape index (κ2) is 6.50. The number of carbonyl (C=O) groups is 1. The molecular weight excluding hydrogens is 324 g/mol. The van der Waals surface area contributed by atoms with Gasteiger partial charge in [0.05, 0.1) is 11.5 Å². The highest BCUT2D eigenvalue weighted by Gasteiger charge is 2.26. The third-order valence-electron chi connectivity index (χ3n) is 2.64. The molecule has 0 unspecified atom stereocenters. The molecule has 0 fully saturated rings. The van der Waals surface area contributed by atoms with Crippen LogP contribution in [-0.4, -0.2) is 47.9 Å². The molecule has 0 saturated carbocycles. The summed E-state index contributed by atoms with van der Waals surface area (Å²) in [6.45, 7) is 0.747. The van der Waals surface area contributed by atoms with Crippen molar-refractivity contribution >= 4 is 25.7 Å². The highest BCUT2D eigenvalue weighted by atomic mass is 35.7. The molecule has 0 aromatic heterocycles. The molecule has 21 heavy (non-hydrogen) atoms. The third-order valence-corrected chi connectivity index (χ3v) is 3.97.